The van der Waals surface area contributed by atoms with Crippen molar-refractivity contribution in [1.82, 2.24) is 0 Å². The van der Waals surface area contributed by atoms with Gasteiger partial charge in [-0.15, -0.1) is 0 Å². The van der Waals surface area contributed by atoms with Gasteiger partial charge in [-0.1, -0.05) is 36.4 Å². The van der Waals surface area contributed by atoms with Crippen LogP contribution in [0.3, 0.4) is 0 Å². The summed E-state index contributed by atoms with van der Waals surface area (Å²) in [6.07, 6.45) is 3.05. The van der Waals surface area contributed by atoms with Gasteiger partial charge in [0.25, 0.3) is 0 Å². The van der Waals surface area contributed by atoms with E-state index in [9.17, 15) is 0 Å². The highest BCUT2D eigenvalue weighted by atomic mass is 127. The first-order valence-corrected chi connectivity index (χ1v) is 5.58. The Balaban J connectivity index is 2.16. The second-order valence-electron chi connectivity index (χ2n) is 4.13. The van der Waals surface area contributed by atoms with E-state index in [1.807, 2.05) is 0 Å². The molecule has 0 N–H and O–H groups in total. The zero-order valence-corrected chi connectivity index (χ0v) is 8.84. The fourth-order valence-corrected chi connectivity index (χ4v) is 4.45. The summed E-state index contributed by atoms with van der Waals surface area (Å²) in [5.41, 5.74) is 0. The number of hydrogen-bond acceptors (Lipinski definition) is 0. The molecule has 10 heavy (non-hydrogen) atoms. The molecule has 0 aromatic carbocycles. The van der Waals surface area contributed by atoms with E-state index in [0.717, 1.165) is 27.6 Å². The van der Waals surface area contributed by atoms with E-state index in [-0.39, 0.29) is 0 Å². The van der Waals surface area contributed by atoms with Gasteiger partial charge >= 0.3 is 0 Å². The summed E-state index contributed by atoms with van der Waals surface area (Å²) in [6, 6.07) is 0. The molecule has 0 spiro atoms. The molecule has 58 valence electrons. The highest BCUT2D eigenvalue weighted by molar-refractivity contribution is 14.1. The van der Waals surface area contributed by atoms with Crippen molar-refractivity contribution in [2.75, 3.05) is 0 Å². The summed E-state index contributed by atoms with van der Waals surface area (Å²) in [5.74, 6) is 4.19. The molecule has 0 aromatic rings. The second-order valence-corrected chi connectivity index (χ2v) is 5.73. The van der Waals surface area contributed by atoms with Crippen molar-refractivity contribution >= 4 is 22.6 Å². The number of halogens is 1. The third-order valence-corrected chi connectivity index (χ3v) is 5.25. The van der Waals surface area contributed by atoms with E-state index in [1.54, 1.807) is 0 Å². The molecule has 0 amide bonds. The molecule has 0 nitrogen and oxygen atoms in total. The first kappa shape index (κ1) is 7.38. The van der Waals surface area contributed by atoms with Crippen LogP contribution in [-0.2, 0) is 0 Å². The SMILES string of the molecule is CC1C2CC(I)C(C2)C1C. The van der Waals surface area contributed by atoms with Gasteiger partial charge in [-0.05, 0) is 36.5 Å². The van der Waals surface area contributed by atoms with Crippen LogP contribution in [0, 0.1) is 23.7 Å². The van der Waals surface area contributed by atoms with Gasteiger partial charge in [-0.2, -0.15) is 0 Å². The third kappa shape index (κ3) is 0.853. The first-order valence-electron chi connectivity index (χ1n) is 4.34. The van der Waals surface area contributed by atoms with Gasteiger partial charge in [0, 0.05) is 3.92 Å². The van der Waals surface area contributed by atoms with Crippen molar-refractivity contribution < 1.29 is 0 Å². The molecular formula is C9H15I. The summed E-state index contributed by atoms with van der Waals surface area (Å²) in [4.78, 5) is 0. The molecule has 5 atom stereocenters. The van der Waals surface area contributed by atoms with E-state index >= 15 is 0 Å². The molecule has 0 saturated heterocycles. The van der Waals surface area contributed by atoms with Gasteiger partial charge in [0.2, 0.25) is 0 Å². The zero-order valence-electron chi connectivity index (χ0n) is 6.68. The average molecular weight is 250 g/mol. The quantitative estimate of drug-likeness (QED) is 0.457. The van der Waals surface area contributed by atoms with Crippen molar-refractivity contribution in [2.45, 2.75) is 30.6 Å². The van der Waals surface area contributed by atoms with Gasteiger partial charge < -0.3 is 0 Å². The number of rotatable bonds is 0. The number of alkyl halides is 1. The molecule has 2 saturated carbocycles. The Morgan fingerprint density at radius 2 is 1.80 bits per heavy atom. The lowest BCUT2D eigenvalue weighted by atomic mass is 9.82. The number of fused-ring (bicyclic) bond motifs is 2. The first-order chi connectivity index (χ1) is 4.70. The minimum absolute atomic E-state index is 1.01. The smallest absolute Gasteiger partial charge is 0.0143 e. The molecule has 0 heterocycles. The predicted molar refractivity (Wildman–Crippen MR) is 52.4 cm³/mol. The summed E-state index contributed by atoms with van der Waals surface area (Å²) in [6.45, 7) is 4.89. The zero-order chi connectivity index (χ0) is 7.30. The van der Waals surface area contributed by atoms with Crippen molar-refractivity contribution in [3.8, 4) is 0 Å². The Labute approximate surface area is 76.9 Å². The van der Waals surface area contributed by atoms with Crippen LogP contribution >= 0.6 is 22.6 Å². The highest BCUT2D eigenvalue weighted by Gasteiger charge is 2.47. The highest BCUT2D eigenvalue weighted by Crippen LogP contribution is 2.54. The van der Waals surface area contributed by atoms with Gasteiger partial charge in [0.1, 0.15) is 0 Å². The molecular weight excluding hydrogens is 235 g/mol. The minimum Gasteiger partial charge on any atom is -0.0823 e. The molecule has 0 aliphatic heterocycles. The van der Waals surface area contributed by atoms with Crippen molar-refractivity contribution in [1.29, 1.82) is 0 Å². The fourth-order valence-electron chi connectivity index (χ4n) is 2.85. The van der Waals surface area contributed by atoms with Crippen LogP contribution in [0.2, 0.25) is 0 Å². The molecule has 2 bridgehead atoms. The fraction of sp³-hybridized carbons (Fsp3) is 1.00. The van der Waals surface area contributed by atoms with Crippen LogP contribution in [0.1, 0.15) is 26.7 Å². The van der Waals surface area contributed by atoms with Crippen LogP contribution in [0.5, 0.6) is 0 Å². The lowest BCUT2D eigenvalue weighted by Crippen LogP contribution is -2.23. The van der Waals surface area contributed by atoms with E-state index in [2.05, 4.69) is 36.4 Å². The van der Waals surface area contributed by atoms with Crippen molar-refractivity contribution in [3.63, 3.8) is 0 Å². The number of hydrogen-bond donors (Lipinski definition) is 0. The summed E-state index contributed by atoms with van der Waals surface area (Å²) >= 11 is 2.65. The Bertz CT molecular complexity index is 142. The minimum atomic E-state index is 1.01. The Hall–Kier alpha value is 0.730. The van der Waals surface area contributed by atoms with Gasteiger partial charge in [-0.25, -0.2) is 0 Å². The molecule has 2 rings (SSSR count). The largest absolute Gasteiger partial charge is 0.0823 e. The summed E-state index contributed by atoms with van der Waals surface area (Å²) in [5, 5.41) is 0. The monoisotopic (exact) mass is 250 g/mol. The van der Waals surface area contributed by atoms with Crippen molar-refractivity contribution in [2.24, 2.45) is 23.7 Å². The van der Waals surface area contributed by atoms with Crippen molar-refractivity contribution in [3.05, 3.63) is 0 Å². The predicted octanol–water partition coefficient (Wildman–Crippen LogP) is 3.10. The van der Waals surface area contributed by atoms with E-state index in [1.165, 1.54) is 12.8 Å². The molecule has 2 aliphatic carbocycles. The molecule has 2 aliphatic rings. The topological polar surface area (TPSA) is 0 Å². The van der Waals surface area contributed by atoms with Crippen LogP contribution in [0.15, 0.2) is 0 Å². The van der Waals surface area contributed by atoms with Gasteiger partial charge in [-0.3, -0.25) is 0 Å². The molecule has 0 radical (unpaired) electrons. The molecule has 5 unspecified atom stereocenters. The molecule has 0 aromatic heterocycles. The van der Waals surface area contributed by atoms with Crippen LogP contribution < -0.4 is 0 Å². The van der Waals surface area contributed by atoms with Crippen LogP contribution in [-0.4, -0.2) is 3.92 Å². The Morgan fingerprint density at radius 1 is 1.10 bits per heavy atom. The standard InChI is InChI=1S/C9H15I/c1-5-6(2)8-3-7(5)4-9(8)10/h5-9H,3-4H2,1-2H3. The molecule has 1 heteroatoms. The summed E-state index contributed by atoms with van der Waals surface area (Å²) < 4.78 is 1.01. The van der Waals surface area contributed by atoms with Crippen LogP contribution in [0.4, 0.5) is 0 Å². The van der Waals surface area contributed by atoms with E-state index in [0.29, 0.717) is 0 Å². The Morgan fingerprint density at radius 3 is 2.20 bits per heavy atom. The normalized spacial score (nSPS) is 59.7. The molecule has 2 fully saturated rings. The maximum Gasteiger partial charge on any atom is 0.0143 e. The third-order valence-electron chi connectivity index (χ3n) is 3.82. The van der Waals surface area contributed by atoms with E-state index in [4.69, 9.17) is 0 Å². The van der Waals surface area contributed by atoms with Gasteiger partial charge in [0.05, 0.1) is 0 Å². The lowest BCUT2D eigenvalue weighted by Gasteiger charge is -2.28. The average Bonchev–Trinajstić information content (AvgIpc) is 2.36. The van der Waals surface area contributed by atoms with E-state index < -0.39 is 0 Å². The maximum atomic E-state index is 2.65. The van der Waals surface area contributed by atoms with Gasteiger partial charge in [0.15, 0.2) is 0 Å². The van der Waals surface area contributed by atoms with Crippen LogP contribution in [0.25, 0.3) is 0 Å². The lowest BCUT2D eigenvalue weighted by molar-refractivity contribution is 0.271. The second kappa shape index (κ2) is 2.36. The Kier molecular flexibility index (Phi) is 1.74. The summed E-state index contributed by atoms with van der Waals surface area (Å²) in [7, 11) is 0. The maximum absolute atomic E-state index is 2.65.